The van der Waals surface area contributed by atoms with Crippen LogP contribution in [0.1, 0.15) is 50.3 Å². The monoisotopic (exact) mass is 268 g/mol. The Labute approximate surface area is 124 Å². The molecular weight excluding hydrogens is 240 g/mol. The van der Waals surface area contributed by atoms with Gasteiger partial charge in [0.05, 0.1) is 0 Å². The zero-order valence-electron chi connectivity index (χ0n) is 13.6. The Bertz CT molecular complexity index is 515. The van der Waals surface area contributed by atoms with Crippen molar-refractivity contribution in [2.75, 3.05) is 0 Å². The number of allylic oxidation sites excluding steroid dienone is 4. The van der Waals surface area contributed by atoms with Gasteiger partial charge < -0.3 is 0 Å². The van der Waals surface area contributed by atoms with Gasteiger partial charge >= 0.3 is 0 Å². The molecule has 108 valence electrons. The van der Waals surface area contributed by atoms with Crippen molar-refractivity contribution in [1.29, 1.82) is 0 Å². The Hall–Kier alpha value is -1.56. The highest BCUT2D eigenvalue weighted by atomic mass is 14.1. The molecule has 0 atom stereocenters. The van der Waals surface area contributed by atoms with Crippen LogP contribution in [0.4, 0.5) is 0 Å². The van der Waals surface area contributed by atoms with Gasteiger partial charge in [-0.15, -0.1) is 0 Å². The molecule has 0 unspecified atom stereocenters. The lowest BCUT2D eigenvalue weighted by atomic mass is 9.90. The smallest absolute Gasteiger partial charge is 0.0232 e. The molecule has 1 aromatic rings. The molecule has 0 aromatic heterocycles. The zero-order chi connectivity index (χ0) is 15.1. The molecule has 0 spiro atoms. The van der Waals surface area contributed by atoms with Crippen molar-refractivity contribution in [3.05, 3.63) is 70.8 Å². The molecule has 1 aliphatic carbocycles. The lowest BCUT2D eigenvalue weighted by Crippen LogP contribution is -1.96. The molecule has 0 amide bonds. The van der Waals surface area contributed by atoms with Crippen molar-refractivity contribution in [3.8, 4) is 0 Å². The van der Waals surface area contributed by atoms with E-state index in [2.05, 4.69) is 52.1 Å². The maximum absolute atomic E-state index is 3.75. The van der Waals surface area contributed by atoms with Crippen molar-refractivity contribution in [2.24, 2.45) is 0 Å². The first kappa shape index (κ1) is 16.5. The van der Waals surface area contributed by atoms with Gasteiger partial charge in [0, 0.05) is 0 Å². The van der Waals surface area contributed by atoms with Crippen LogP contribution in [-0.2, 0) is 12.8 Å². The summed E-state index contributed by atoms with van der Waals surface area (Å²) < 4.78 is 0. The van der Waals surface area contributed by atoms with Crippen LogP contribution >= 0.6 is 0 Å². The van der Waals surface area contributed by atoms with E-state index >= 15 is 0 Å². The summed E-state index contributed by atoms with van der Waals surface area (Å²) in [6, 6.07) is 6.90. The molecule has 2 rings (SSSR count). The molecule has 0 saturated carbocycles. The first-order valence-electron chi connectivity index (χ1n) is 7.64. The Morgan fingerprint density at radius 1 is 0.950 bits per heavy atom. The van der Waals surface area contributed by atoms with E-state index in [1.807, 2.05) is 13.0 Å². The van der Waals surface area contributed by atoms with E-state index in [-0.39, 0.29) is 0 Å². The van der Waals surface area contributed by atoms with Crippen molar-refractivity contribution >= 4 is 0 Å². The standard InChI is InChI=1S/C13H20.C7H8/c1-4-6-12-9-8-11(3)13(10-12)7-5-2;1-5-4-6(2)7(5)3/h8-10H,4-7H2,1-3H3;4H,1,3H2,2H3. The summed E-state index contributed by atoms with van der Waals surface area (Å²) in [4.78, 5) is 0. The van der Waals surface area contributed by atoms with Gasteiger partial charge in [0.2, 0.25) is 0 Å². The van der Waals surface area contributed by atoms with Gasteiger partial charge in [-0.25, -0.2) is 0 Å². The predicted octanol–water partition coefficient (Wildman–Crippen LogP) is 5.96. The van der Waals surface area contributed by atoms with E-state index in [1.54, 1.807) is 0 Å². The lowest BCUT2D eigenvalue weighted by molar-refractivity contribution is 0.888. The van der Waals surface area contributed by atoms with E-state index < -0.39 is 0 Å². The molecule has 0 fully saturated rings. The molecule has 0 N–H and O–H groups in total. The minimum Gasteiger partial charge on any atom is -0.0912 e. The quantitative estimate of drug-likeness (QED) is 0.632. The third kappa shape index (κ3) is 4.52. The average molecular weight is 268 g/mol. The maximum atomic E-state index is 3.75. The van der Waals surface area contributed by atoms with Gasteiger partial charge in [0.1, 0.15) is 0 Å². The Morgan fingerprint density at radius 3 is 2.00 bits per heavy atom. The number of hydrogen-bond acceptors (Lipinski definition) is 0. The molecule has 20 heavy (non-hydrogen) atoms. The number of rotatable bonds is 4. The Kier molecular flexibility index (Phi) is 6.51. The Balaban J connectivity index is 0.000000240. The Morgan fingerprint density at radius 2 is 1.60 bits per heavy atom. The van der Waals surface area contributed by atoms with Crippen LogP contribution in [0.5, 0.6) is 0 Å². The van der Waals surface area contributed by atoms with Crippen LogP contribution < -0.4 is 0 Å². The molecule has 1 aromatic carbocycles. The summed E-state index contributed by atoms with van der Waals surface area (Å²) in [5.41, 5.74) is 7.94. The summed E-state index contributed by atoms with van der Waals surface area (Å²) in [7, 11) is 0. The van der Waals surface area contributed by atoms with E-state index in [0.29, 0.717) is 0 Å². The first-order valence-corrected chi connectivity index (χ1v) is 7.64. The topological polar surface area (TPSA) is 0 Å². The van der Waals surface area contributed by atoms with Crippen molar-refractivity contribution < 1.29 is 0 Å². The SMILES string of the molecule is C=C1C=C(C)C1=C.CCCc1ccc(C)c(CCC)c1. The maximum Gasteiger partial charge on any atom is -0.0232 e. The van der Waals surface area contributed by atoms with E-state index in [9.17, 15) is 0 Å². The third-order valence-electron chi connectivity index (χ3n) is 3.73. The average Bonchev–Trinajstić information content (AvgIpc) is 2.44. The number of aryl methyl sites for hydroxylation is 3. The second kappa shape index (κ2) is 7.89. The normalized spacial score (nSPS) is 13.3. The lowest BCUT2D eigenvalue weighted by Gasteiger charge is -2.15. The van der Waals surface area contributed by atoms with Gasteiger partial charge in [0.25, 0.3) is 0 Å². The van der Waals surface area contributed by atoms with E-state index in [4.69, 9.17) is 0 Å². The van der Waals surface area contributed by atoms with Crippen molar-refractivity contribution in [1.82, 2.24) is 0 Å². The van der Waals surface area contributed by atoms with Crippen LogP contribution in [-0.4, -0.2) is 0 Å². The summed E-state index contributed by atoms with van der Waals surface area (Å²) in [5, 5.41) is 0. The van der Waals surface area contributed by atoms with Crippen molar-refractivity contribution in [2.45, 2.75) is 53.4 Å². The molecular formula is C20H28. The highest BCUT2D eigenvalue weighted by molar-refractivity contribution is 5.59. The molecule has 0 aliphatic heterocycles. The second-order valence-electron chi connectivity index (χ2n) is 5.59. The zero-order valence-corrected chi connectivity index (χ0v) is 13.6. The summed E-state index contributed by atoms with van der Waals surface area (Å²) in [5.74, 6) is 0. The molecule has 0 radical (unpaired) electrons. The fourth-order valence-corrected chi connectivity index (χ4v) is 2.32. The van der Waals surface area contributed by atoms with Gasteiger partial charge in [-0.05, 0) is 60.1 Å². The predicted molar refractivity (Wildman–Crippen MR) is 91.2 cm³/mol. The molecule has 0 nitrogen and oxygen atoms in total. The van der Waals surface area contributed by atoms with E-state index in [1.165, 1.54) is 47.9 Å². The van der Waals surface area contributed by atoms with Gasteiger partial charge in [0.15, 0.2) is 0 Å². The first-order chi connectivity index (χ1) is 9.49. The molecule has 0 bridgehead atoms. The fraction of sp³-hybridized carbons (Fsp3) is 0.400. The molecule has 0 heterocycles. The molecule has 0 heteroatoms. The minimum absolute atomic E-state index is 1.08. The van der Waals surface area contributed by atoms with E-state index in [0.717, 1.165) is 11.1 Å². The van der Waals surface area contributed by atoms with Gasteiger partial charge in [-0.3, -0.25) is 0 Å². The number of hydrogen-bond donors (Lipinski definition) is 0. The van der Waals surface area contributed by atoms with Crippen LogP contribution in [0.15, 0.2) is 54.2 Å². The van der Waals surface area contributed by atoms with Crippen LogP contribution in [0, 0.1) is 6.92 Å². The summed E-state index contributed by atoms with van der Waals surface area (Å²) in [6.45, 7) is 16.2. The largest absolute Gasteiger partial charge is 0.0912 e. The second-order valence-corrected chi connectivity index (χ2v) is 5.59. The fourth-order valence-electron chi connectivity index (χ4n) is 2.32. The third-order valence-corrected chi connectivity index (χ3v) is 3.73. The molecule has 0 saturated heterocycles. The minimum atomic E-state index is 1.08. The van der Waals surface area contributed by atoms with Crippen LogP contribution in [0.2, 0.25) is 0 Å². The van der Waals surface area contributed by atoms with Gasteiger partial charge in [-0.2, -0.15) is 0 Å². The van der Waals surface area contributed by atoms with Crippen LogP contribution in [0.25, 0.3) is 0 Å². The van der Waals surface area contributed by atoms with Crippen LogP contribution in [0.3, 0.4) is 0 Å². The molecule has 1 aliphatic rings. The summed E-state index contributed by atoms with van der Waals surface area (Å²) >= 11 is 0. The van der Waals surface area contributed by atoms with Crippen molar-refractivity contribution in [3.63, 3.8) is 0 Å². The van der Waals surface area contributed by atoms with Gasteiger partial charge in [-0.1, -0.05) is 64.1 Å². The highest BCUT2D eigenvalue weighted by Crippen LogP contribution is 2.27. The highest BCUT2D eigenvalue weighted by Gasteiger charge is 2.08. The summed E-state index contributed by atoms with van der Waals surface area (Å²) in [6.07, 6.45) is 6.97. The number of benzene rings is 1.